The number of aryl methyl sites for hydroxylation is 1. The fourth-order valence-corrected chi connectivity index (χ4v) is 5.28. The van der Waals surface area contributed by atoms with Crippen LogP contribution in [-0.2, 0) is 21.4 Å². The summed E-state index contributed by atoms with van der Waals surface area (Å²) in [5.74, 6) is -0.126. The Morgan fingerprint density at radius 1 is 1.09 bits per heavy atom. The lowest BCUT2D eigenvalue weighted by atomic mass is 10.3. The summed E-state index contributed by atoms with van der Waals surface area (Å²) < 4.78 is 38.7. The molecular formula is C21H22ClN3O6S. The van der Waals surface area contributed by atoms with Crippen molar-refractivity contribution >= 4 is 38.6 Å². The number of fused-ring (bicyclic) bond motifs is 1. The van der Waals surface area contributed by atoms with Gasteiger partial charge in [0.1, 0.15) is 5.75 Å². The first-order valence-corrected chi connectivity index (χ1v) is 11.8. The molecule has 3 aromatic rings. The van der Waals surface area contributed by atoms with Gasteiger partial charge in [-0.25, -0.2) is 13.2 Å². The number of methoxy groups -OCH3 is 1. The van der Waals surface area contributed by atoms with Crippen molar-refractivity contribution in [2.45, 2.75) is 17.9 Å². The summed E-state index contributed by atoms with van der Waals surface area (Å²) in [7, 11) is -2.13. The topological polar surface area (TPSA) is 102 Å². The van der Waals surface area contributed by atoms with Gasteiger partial charge in [0.05, 0.1) is 17.5 Å². The fourth-order valence-electron chi connectivity index (χ4n) is 3.69. The Bertz CT molecular complexity index is 1290. The maximum atomic E-state index is 12.9. The SMILES string of the molecule is COc1ccc(S(=O)(=O)N2CCN(C(=O)CCn3c(=O)oc4cc(Cl)ccc43)CC2)cc1. The van der Waals surface area contributed by atoms with E-state index in [4.69, 9.17) is 20.8 Å². The van der Waals surface area contributed by atoms with Crippen LogP contribution in [0.2, 0.25) is 5.02 Å². The summed E-state index contributed by atoms with van der Waals surface area (Å²) in [6.45, 7) is 1.13. The number of aromatic nitrogens is 1. The highest BCUT2D eigenvalue weighted by Gasteiger charge is 2.30. The predicted octanol–water partition coefficient (Wildman–Crippen LogP) is 2.18. The van der Waals surface area contributed by atoms with E-state index in [-0.39, 0.29) is 49.9 Å². The molecule has 1 saturated heterocycles. The summed E-state index contributed by atoms with van der Waals surface area (Å²) in [5, 5.41) is 0.455. The zero-order valence-electron chi connectivity index (χ0n) is 17.4. The van der Waals surface area contributed by atoms with Crippen molar-refractivity contribution in [1.29, 1.82) is 0 Å². The molecule has 1 fully saturated rings. The molecule has 0 N–H and O–H groups in total. The van der Waals surface area contributed by atoms with Crippen LogP contribution in [-0.4, -0.2) is 61.4 Å². The minimum absolute atomic E-state index is 0.0996. The van der Waals surface area contributed by atoms with Gasteiger partial charge in [-0.1, -0.05) is 11.6 Å². The van der Waals surface area contributed by atoms with E-state index >= 15 is 0 Å². The number of carbonyl (C=O) groups is 1. The van der Waals surface area contributed by atoms with E-state index in [1.165, 1.54) is 28.1 Å². The minimum atomic E-state index is -3.65. The standard InChI is InChI=1S/C21H22ClN3O6S/c1-30-16-3-5-17(6-4-16)32(28,29)24-12-10-23(11-13-24)20(26)8-9-25-18-7-2-15(22)14-19(18)31-21(25)27/h2-7,14H,8-13H2,1H3. The molecule has 1 aliphatic rings. The highest BCUT2D eigenvalue weighted by molar-refractivity contribution is 7.89. The van der Waals surface area contributed by atoms with E-state index in [1.54, 1.807) is 35.2 Å². The Labute approximate surface area is 189 Å². The molecule has 0 spiro atoms. The molecule has 32 heavy (non-hydrogen) atoms. The average Bonchev–Trinajstić information content (AvgIpc) is 3.11. The molecule has 9 nitrogen and oxygen atoms in total. The van der Waals surface area contributed by atoms with Gasteiger partial charge in [0.2, 0.25) is 15.9 Å². The van der Waals surface area contributed by atoms with Crippen LogP contribution in [0.15, 0.2) is 56.6 Å². The number of nitrogens with zero attached hydrogens (tertiary/aromatic N) is 3. The average molecular weight is 480 g/mol. The number of amides is 1. The van der Waals surface area contributed by atoms with Gasteiger partial charge in [-0.15, -0.1) is 0 Å². The molecule has 0 saturated carbocycles. The van der Waals surface area contributed by atoms with E-state index in [0.29, 0.717) is 21.9 Å². The Hall–Kier alpha value is -2.82. The van der Waals surface area contributed by atoms with E-state index < -0.39 is 15.8 Å². The Kier molecular flexibility index (Phi) is 6.27. The van der Waals surface area contributed by atoms with Crippen molar-refractivity contribution in [3.05, 3.63) is 58.0 Å². The molecule has 170 valence electrons. The maximum Gasteiger partial charge on any atom is 0.419 e. The maximum absolute atomic E-state index is 12.9. The number of piperazine rings is 1. The quantitative estimate of drug-likeness (QED) is 0.537. The number of ether oxygens (including phenoxy) is 1. The number of hydrogen-bond donors (Lipinski definition) is 0. The van der Waals surface area contributed by atoms with Crippen LogP contribution in [0.4, 0.5) is 0 Å². The minimum Gasteiger partial charge on any atom is -0.497 e. The van der Waals surface area contributed by atoms with Gasteiger partial charge in [0, 0.05) is 50.2 Å². The first kappa shape index (κ1) is 22.4. The molecular weight excluding hydrogens is 458 g/mol. The Morgan fingerprint density at radius 2 is 1.78 bits per heavy atom. The van der Waals surface area contributed by atoms with Crippen LogP contribution in [0.3, 0.4) is 0 Å². The van der Waals surface area contributed by atoms with Crippen molar-refractivity contribution in [1.82, 2.24) is 13.8 Å². The number of oxazole rings is 1. The van der Waals surface area contributed by atoms with E-state index in [1.807, 2.05) is 0 Å². The largest absolute Gasteiger partial charge is 0.497 e. The molecule has 1 aliphatic heterocycles. The van der Waals surface area contributed by atoms with Crippen LogP contribution in [0.1, 0.15) is 6.42 Å². The number of hydrogen-bond acceptors (Lipinski definition) is 6. The van der Waals surface area contributed by atoms with Gasteiger partial charge < -0.3 is 14.1 Å². The summed E-state index contributed by atoms with van der Waals surface area (Å²) in [6.07, 6.45) is 0.0996. The van der Waals surface area contributed by atoms with Gasteiger partial charge in [0.25, 0.3) is 0 Å². The van der Waals surface area contributed by atoms with Crippen molar-refractivity contribution in [2.24, 2.45) is 0 Å². The van der Waals surface area contributed by atoms with Crippen molar-refractivity contribution in [3.8, 4) is 5.75 Å². The first-order valence-electron chi connectivity index (χ1n) is 10.0. The van der Waals surface area contributed by atoms with Gasteiger partial charge >= 0.3 is 5.76 Å². The lowest BCUT2D eigenvalue weighted by Gasteiger charge is -2.34. The van der Waals surface area contributed by atoms with Crippen molar-refractivity contribution in [2.75, 3.05) is 33.3 Å². The second-order valence-corrected chi connectivity index (χ2v) is 9.72. The van der Waals surface area contributed by atoms with Crippen molar-refractivity contribution in [3.63, 3.8) is 0 Å². The van der Waals surface area contributed by atoms with Crippen LogP contribution in [0.5, 0.6) is 5.75 Å². The monoisotopic (exact) mass is 479 g/mol. The van der Waals surface area contributed by atoms with Crippen LogP contribution in [0.25, 0.3) is 11.1 Å². The lowest BCUT2D eigenvalue weighted by molar-refractivity contribution is -0.132. The molecule has 0 radical (unpaired) electrons. The number of benzene rings is 2. The third-order valence-electron chi connectivity index (χ3n) is 5.47. The molecule has 0 aliphatic carbocycles. The summed E-state index contributed by atoms with van der Waals surface area (Å²) in [4.78, 5) is 26.6. The smallest absolute Gasteiger partial charge is 0.419 e. The van der Waals surface area contributed by atoms with Crippen molar-refractivity contribution < 1.29 is 22.4 Å². The number of sulfonamides is 1. The summed E-state index contributed by atoms with van der Waals surface area (Å²) in [6, 6.07) is 11.1. The summed E-state index contributed by atoms with van der Waals surface area (Å²) >= 11 is 5.92. The van der Waals surface area contributed by atoms with E-state index in [0.717, 1.165) is 0 Å². The molecule has 1 amide bonds. The lowest BCUT2D eigenvalue weighted by Crippen LogP contribution is -2.50. The third-order valence-corrected chi connectivity index (χ3v) is 7.62. The fraction of sp³-hybridized carbons (Fsp3) is 0.333. The zero-order chi connectivity index (χ0) is 22.9. The van der Waals surface area contributed by atoms with Gasteiger partial charge in [-0.2, -0.15) is 4.31 Å². The molecule has 2 aromatic carbocycles. The first-order chi connectivity index (χ1) is 15.3. The normalized spacial score (nSPS) is 15.2. The van der Waals surface area contributed by atoms with Crippen LogP contribution in [0, 0.1) is 0 Å². The Morgan fingerprint density at radius 3 is 2.44 bits per heavy atom. The van der Waals surface area contributed by atoms with Crippen LogP contribution >= 0.6 is 11.6 Å². The predicted molar refractivity (Wildman–Crippen MR) is 118 cm³/mol. The molecule has 0 unspecified atom stereocenters. The van der Waals surface area contributed by atoms with Gasteiger partial charge in [0.15, 0.2) is 5.58 Å². The third kappa shape index (κ3) is 4.38. The molecule has 11 heteroatoms. The van der Waals surface area contributed by atoms with Crippen LogP contribution < -0.4 is 10.5 Å². The second kappa shape index (κ2) is 8.97. The van der Waals surface area contributed by atoms with E-state index in [2.05, 4.69) is 0 Å². The van der Waals surface area contributed by atoms with Gasteiger partial charge in [-0.3, -0.25) is 9.36 Å². The van der Waals surface area contributed by atoms with Gasteiger partial charge in [-0.05, 0) is 36.4 Å². The Balaban J connectivity index is 1.36. The number of carbonyl (C=O) groups excluding carboxylic acids is 1. The second-order valence-electron chi connectivity index (χ2n) is 7.34. The molecule has 4 rings (SSSR count). The summed E-state index contributed by atoms with van der Waals surface area (Å²) in [5.41, 5.74) is 0.940. The zero-order valence-corrected chi connectivity index (χ0v) is 18.9. The molecule has 0 bridgehead atoms. The molecule has 2 heterocycles. The molecule has 1 aromatic heterocycles. The highest BCUT2D eigenvalue weighted by atomic mass is 35.5. The van der Waals surface area contributed by atoms with E-state index in [9.17, 15) is 18.0 Å². The molecule has 0 atom stereocenters. The number of halogens is 1. The number of rotatable bonds is 6. The highest BCUT2D eigenvalue weighted by Crippen LogP contribution is 2.21.